The van der Waals surface area contributed by atoms with Crippen LogP contribution in [0.4, 0.5) is 0 Å². The Morgan fingerprint density at radius 3 is 2.77 bits per heavy atom. The zero-order chi connectivity index (χ0) is 17.9. The minimum absolute atomic E-state index is 0.250. The lowest BCUT2D eigenvalue weighted by atomic mass is 10.0. The highest BCUT2D eigenvalue weighted by molar-refractivity contribution is 7.10. The van der Waals surface area contributed by atoms with Crippen molar-refractivity contribution < 1.29 is 5.11 Å². The van der Waals surface area contributed by atoms with E-state index < -0.39 is 0 Å². The smallest absolute Gasteiger partial charge is 0.0711 e. The number of aromatic nitrogens is 2. The maximum Gasteiger partial charge on any atom is 0.0711 e. The lowest BCUT2D eigenvalue weighted by Gasteiger charge is -2.25. The highest BCUT2D eigenvalue weighted by atomic mass is 32.1. The van der Waals surface area contributed by atoms with Crippen LogP contribution in [0.3, 0.4) is 0 Å². The number of piperidine rings is 1. The molecule has 2 aliphatic rings. The van der Waals surface area contributed by atoms with Crippen LogP contribution in [-0.4, -0.2) is 57.4 Å². The van der Waals surface area contributed by atoms with Crippen molar-refractivity contribution in [1.82, 2.24) is 20.0 Å². The van der Waals surface area contributed by atoms with Crippen LogP contribution in [0.1, 0.15) is 41.1 Å². The molecule has 142 valence electrons. The van der Waals surface area contributed by atoms with Crippen LogP contribution >= 0.6 is 11.3 Å². The summed E-state index contributed by atoms with van der Waals surface area (Å²) in [6.45, 7) is 8.29. The van der Waals surface area contributed by atoms with Crippen molar-refractivity contribution in [3.63, 3.8) is 0 Å². The third kappa shape index (κ3) is 4.55. The second kappa shape index (κ2) is 8.21. The molecule has 0 saturated carbocycles. The quantitative estimate of drug-likeness (QED) is 0.816. The Morgan fingerprint density at radius 2 is 2.00 bits per heavy atom. The molecule has 4 rings (SSSR count). The minimum Gasteiger partial charge on any atom is -0.391 e. The van der Waals surface area contributed by atoms with Gasteiger partial charge in [0.1, 0.15) is 0 Å². The maximum absolute atomic E-state index is 10.4. The Bertz CT molecular complexity index is 706. The number of H-pyrrole nitrogens is 1. The summed E-state index contributed by atoms with van der Waals surface area (Å²) in [5, 5.41) is 20.1. The summed E-state index contributed by atoms with van der Waals surface area (Å²) >= 11 is 1.87. The van der Waals surface area contributed by atoms with E-state index in [1.807, 2.05) is 18.3 Å². The van der Waals surface area contributed by atoms with E-state index in [4.69, 9.17) is 0 Å². The van der Waals surface area contributed by atoms with Crippen molar-refractivity contribution in [2.24, 2.45) is 5.92 Å². The number of aliphatic hydroxyl groups is 1. The summed E-state index contributed by atoms with van der Waals surface area (Å²) in [4.78, 5) is 6.39. The van der Waals surface area contributed by atoms with Gasteiger partial charge in [-0.2, -0.15) is 5.10 Å². The van der Waals surface area contributed by atoms with Crippen molar-refractivity contribution in [3.05, 3.63) is 39.3 Å². The van der Waals surface area contributed by atoms with Gasteiger partial charge < -0.3 is 5.11 Å². The van der Waals surface area contributed by atoms with Gasteiger partial charge >= 0.3 is 0 Å². The molecular formula is C20H30N4OS. The molecule has 2 atom stereocenters. The molecule has 2 fully saturated rings. The van der Waals surface area contributed by atoms with Gasteiger partial charge in [0, 0.05) is 42.7 Å². The molecule has 5 nitrogen and oxygen atoms in total. The van der Waals surface area contributed by atoms with Crippen LogP contribution in [0, 0.1) is 12.8 Å². The standard InChI is InChI=1S/C20H30N4OS/c1-15-7-18(22-21-15)9-17-11-24(13-20(17)25)12-19-8-16(14-26-19)10-23-5-3-2-4-6-23/h7-8,14,17,20,25H,2-6,9-13H2,1H3,(H,21,22)/t17-,20-/m1/s1. The van der Waals surface area contributed by atoms with Crippen LogP contribution in [0.25, 0.3) is 0 Å². The Morgan fingerprint density at radius 1 is 1.15 bits per heavy atom. The van der Waals surface area contributed by atoms with Gasteiger partial charge in [-0.3, -0.25) is 14.9 Å². The highest BCUT2D eigenvalue weighted by Gasteiger charge is 2.32. The second-order valence-electron chi connectivity index (χ2n) is 8.03. The van der Waals surface area contributed by atoms with Gasteiger partial charge in [0.2, 0.25) is 0 Å². The molecule has 4 heterocycles. The predicted octanol–water partition coefficient (Wildman–Crippen LogP) is 2.80. The van der Waals surface area contributed by atoms with Crippen molar-refractivity contribution in [1.29, 1.82) is 0 Å². The van der Waals surface area contributed by atoms with E-state index in [1.165, 1.54) is 42.8 Å². The number of aryl methyl sites for hydroxylation is 1. The molecule has 0 unspecified atom stereocenters. The van der Waals surface area contributed by atoms with Crippen LogP contribution in [0.15, 0.2) is 17.5 Å². The molecule has 0 aliphatic carbocycles. The molecule has 0 amide bonds. The van der Waals surface area contributed by atoms with Crippen molar-refractivity contribution in [2.45, 2.75) is 51.8 Å². The molecule has 2 aromatic rings. The normalized spacial score (nSPS) is 25.2. The molecule has 2 aromatic heterocycles. The van der Waals surface area contributed by atoms with E-state index in [-0.39, 0.29) is 12.0 Å². The Kier molecular flexibility index (Phi) is 5.74. The summed E-state index contributed by atoms with van der Waals surface area (Å²) in [6, 6.07) is 4.46. The third-order valence-corrected chi connectivity index (χ3v) is 6.63. The van der Waals surface area contributed by atoms with E-state index >= 15 is 0 Å². The molecule has 2 N–H and O–H groups in total. The molecule has 2 aliphatic heterocycles. The predicted molar refractivity (Wildman–Crippen MR) is 105 cm³/mol. The van der Waals surface area contributed by atoms with Gasteiger partial charge in [-0.15, -0.1) is 11.3 Å². The van der Waals surface area contributed by atoms with Gasteiger partial charge in [-0.05, 0) is 62.4 Å². The van der Waals surface area contributed by atoms with Gasteiger partial charge in [0.05, 0.1) is 11.8 Å². The average molecular weight is 375 g/mol. The Labute approximate surface area is 160 Å². The molecule has 0 radical (unpaired) electrons. The number of nitrogens with zero attached hydrogens (tertiary/aromatic N) is 3. The van der Waals surface area contributed by atoms with E-state index in [0.717, 1.165) is 44.0 Å². The zero-order valence-electron chi connectivity index (χ0n) is 15.7. The summed E-state index contributed by atoms with van der Waals surface area (Å²) in [7, 11) is 0. The maximum atomic E-state index is 10.4. The molecule has 0 bridgehead atoms. The SMILES string of the molecule is Cc1cc(C[C@@H]2CN(Cc3cc(CN4CCCCC4)cs3)C[C@H]2O)n[nH]1. The summed E-state index contributed by atoms with van der Waals surface area (Å²) in [6.07, 6.45) is 4.69. The van der Waals surface area contributed by atoms with Crippen LogP contribution in [-0.2, 0) is 19.5 Å². The van der Waals surface area contributed by atoms with E-state index in [2.05, 4.69) is 37.5 Å². The first-order valence-corrected chi connectivity index (χ1v) is 10.7. The van der Waals surface area contributed by atoms with E-state index in [1.54, 1.807) is 0 Å². The third-order valence-electron chi connectivity index (χ3n) is 5.65. The lowest BCUT2D eigenvalue weighted by molar-refractivity contribution is 0.140. The van der Waals surface area contributed by atoms with Gasteiger partial charge in [-0.1, -0.05) is 6.42 Å². The van der Waals surface area contributed by atoms with Crippen molar-refractivity contribution in [3.8, 4) is 0 Å². The number of β-amino-alcohol motifs (C(OH)–C–C–N with tert-alkyl or cyclic N) is 1. The molecule has 0 aromatic carbocycles. The van der Waals surface area contributed by atoms with E-state index in [0.29, 0.717) is 0 Å². The average Bonchev–Trinajstić information content (AvgIpc) is 3.32. The number of likely N-dealkylation sites (tertiary alicyclic amines) is 2. The van der Waals surface area contributed by atoms with Gasteiger partial charge in [0.25, 0.3) is 0 Å². The zero-order valence-corrected chi connectivity index (χ0v) is 16.5. The number of aromatic amines is 1. The minimum atomic E-state index is -0.250. The van der Waals surface area contributed by atoms with Crippen LogP contribution in [0.5, 0.6) is 0 Å². The molecule has 26 heavy (non-hydrogen) atoms. The number of nitrogens with one attached hydrogen (secondary N) is 1. The Balaban J connectivity index is 1.29. The van der Waals surface area contributed by atoms with Crippen molar-refractivity contribution in [2.75, 3.05) is 26.2 Å². The fraction of sp³-hybridized carbons (Fsp3) is 0.650. The summed E-state index contributed by atoms with van der Waals surface area (Å²) in [5.41, 5.74) is 3.60. The highest BCUT2D eigenvalue weighted by Crippen LogP contribution is 2.25. The number of hydrogen-bond acceptors (Lipinski definition) is 5. The molecular weight excluding hydrogens is 344 g/mol. The fourth-order valence-electron chi connectivity index (χ4n) is 4.31. The second-order valence-corrected chi connectivity index (χ2v) is 9.02. The molecule has 0 spiro atoms. The number of aliphatic hydroxyl groups excluding tert-OH is 1. The number of hydrogen-bond donors (Lipinski definition) is 2. The number of thiophene rings is 1. The Hall–Kier alpha value is -1.21. The van der Waals surface area contributed by atoms with Crippen LogP contribution < -0.4 is 0 Å². The molecule has 2 saturated heterocycles. The monoisotopic (exact) mass is 374 g/mol. The fourth-order valence-corrected chi connectivity index (χ4v) is 5.23. The lowest BCUT2D eigenvalue weighted by Crippen LogP contribution is -2.28. The topological polar surface area (TPSA) is 55.4 Å². The number of rotatable bonds is 6. The van der Waals surface area contributed by atoms with E-state index in [9.17, 15) is 5.11 Å². The van der Waals surface area contributed by atoms with Crippen molar-refractivity contribution >= 4 is 11.3 Å². The summed E-state index contributed by atoms with van der Waals surface area (Å²) in [5.74, 6) is 0.283. The largest absolute Gasteiger partial charge is 0.391 e. The van der Waals surface area contributed by atoms with Gasteiger partial charge in [-0.25, -0.2) is 0 Å². The first-order chi connectivity index (χ1) is 12.7. The summed E-state index contributed by atoms with van der Waals surface area (Å²) < 4.78 is 0. The first-order valence-electron chi connectivity index (χ1n) is 9.85. The van der Waals surface area contributed by atoms with Crippen LogP contribution in [0.2, 0.25) is 0 Å². The first kappa shape index (κ1) is 18.2. The molecule has 6 heteroatoms. The van der Waals surface area contributed by atoms with Gasteiger partial charge in [0.15, 0.2) is 0 Å².